The first-order valence-electron chi connectivity index (χ1n) is 7.30. The number of amides is 1. The summed E-state index contributed by atoms with van der Waals surface area (Å²) in [6.07, 6.45) is 6.44. The van der Waals surface area contributed by atoms with Gasteiger partial charge in [0.05, 0.1) is 5.56 Å². The zero-order chi connectivity index (χ0) is 13.7. The molecule has 1 aliphatic rings. The minimum Gasteiger partial charge on any atom is -0.387 e. The molecular formula is C16H24N2O. The first-order chi connectivity index (χ1) is 9.22. The zero-order valence-corrected chi connectivity index (χ0v) is 11.9. The Balaban J connectivity index is 1.99. The Bertz CT molecular complexity index is 425. The molecule has 1 fully saturated rings. The van der Waals surface area contributed by atoms with Crippen LogP contribution in [0.15, 0.2) is 24.3 Å². The highest BCUT2D eigenvalue weighted by molar-refractivity contribution is 5.99. The summed E-state index contributed by atoms with van der Waals surface area (Å²) in [7, 11) is 1.84. The number of rotatable bonds is 4. The minimum atomic E-state index is 0.0306. The van der Waals surface area contributed by atoms with Gasteiger partial charge in [-0.25, -0.2) is 0 Å². The van der Waals surface area contributed by atoms with Crippen LogP contribution in [0.4, 0.5) is 5.69 Å². The van der Waals surface area contributed by atoms with E-state index in [-0.39, 0.29) is 11.9 Å². The van der Waals surface area contributed by atoms with Crippen molar-refractivity contribution in [2.45, 2.75) is 45.1 Å². The second-order valence-corrected chi connectivity index (χ2v) is 5.46. The van der Waals surface area contributed by atoms with Gasteiger partial charge in [-0.2, -0.15) is 0 Å². The fraction of sp³-hybridized carbons (Fsp3) is 0.562. The van der Waals surface area contributed by atoms with E-state index in [1.54, 1.807) is 0 Å². The Morgan fingerprint density at radius 2 is 1.89 bits per heavy atom. The van der Waals surface area contributed by atoms with Gasteiger partial charge in [0.2, 0.25) is 0 Å². The quantitative estimate of drug-likeness (QED) is 0.871. The van der Waals surface area contributed by atoms with E-state index in [9.17, 15) is 4.79 Å². The lowest BCUT2D eigenvalue weighted by Crippen LogP contribution is -2.39. The third kappa shape index (κ3) is 3.49. The Morgan fingerprint density at radius 1 is 1.21 bits per heavy atom. The molecule has 1 atom stereocenters. The van der Waals surface area contributed by atoms with E-state index in [1.807, 2.05) is 31.3 Å². The normalized spacial score (nSPS) is 17.8. The number of carbonyl (C=O) groups excluding carboxylic acids is 1. The maximum Gasteiger partial charge on any atom is 0.253 e. The average molecular weight is 260 g/mol. The van der Waals surface area contributed by atoms with Crippen molar-refractivity contribution < 1.29 is 4.79 Å². The Hall–Kier alpha value is -1.51. The predicted octanol–water partition coefficient (Wildman–Crippen LogP) is 3.43. The number of benzene rings is 1. The molecule has 0 heterocycles. The van der Waals surface area contributed by atoms with Crippen LogP contribution < -0.4 is 10.6 Å². The highest BCUT2D eigenvalue weighted by Gasteiger charge is 2.22. The molecule has 2 rings (SSSR count). The summed E-state index contributed by atoms with van der Waals surface area (Å²) in [5.41, 5.74) is 1.61. The van der Waals surface area contributed by atoms with E-state index in [1.165, 1.54) is 32.1 Å². The summed E-state index contributed by atoms with van der Waals surface area (Å²) >= 11 is 0. The predicted molar refractivity (Wildman–Crippen MR) is 79.5 cm³/mol. The summed E-state index contributed by atoms with van der Waals surface area (Å²) in [6.45, 7) is 2.13. The van der Waals surface area contributed by atoms with Crippen LogP contribution >= 0.6 is 0 Å². The monoisotopic (exact) mass is 260 g/mol. The van der Waals surface area contributed by atoms with Crippen LogP contribution in [0.25, 0.3) is 0 Å². The van der Waals surface area contributed by atoms with Gasteiger partial charge in [-0.3, -0.25) is 4.79 Å². The van der Waals surface area contributed by atoms with Gasteiger partial charge in [0.15, 0.2) is 0 Å². The first kappa shape index (κ1) is 13.9. The number of nitrogens with one attached hydrogen (secondary N) is 2. The van der Waals surface area contributed by atoms with Gasteiger partial charge in [-0.15, -0.1) is 0 Å². The van der Waals surface area contributed by atoms with E-state index in [0.717, 1.165) is 11.3 Å². The van der Waals surface area contributed by atoms with E-state index in [2.05, 4.69) is 17.6 Å². The van der Waals surface area contributed by atoms with Crippen molar-refractivity contribution >= 4 is 11.6 Å². The molecule has 0 radical (unpaired) electrons. The molecule has 1 aromatic rings. The second-order valence-electron chi connectivity index (χ2n) is 5.46. The van der Waals surface area contributed by atoms with Gasteiger partial charge in [-0.1, -0.05) is 31.4 Å². The largest absolute Gasteiger partial charge is 0.387 e. The molecule has 0 aromatic heterocycles. The van der Waals surface area contributed by atoms with Gasteiger partial charge < -0.3 is 10.6 Å². The van der Waals surface area contributed by atoms with E-state index in [0.29, 0.717) is 5.92 Å². The second kappa shape index (κ2) is 6.60. The number of anilines is 1. The highest BCUT2D eigenvalue weighted by atomic mass is 16.1. The van der Waals surface area contributed by atoms with Gasteiger partial charge in [0.1, 0.15) is 0 Å². The van der Waals surface area contributed by atoms with Gasteiger partial charge >= 0.3 is 0 Å². The first-order valence-corrected chi connectivity index (χ1v) is 7.30. The Kier molecular flexibility index (Phi) is 4.83. The SMILES string of the molecule is CNc1ccccc1C(=O)NC(C)C1CCCCC1. The Labute approximate surface area is 115 Å². The van der Waals surface area contributed by atoms with Crippen LogP contribution in [0.1, 0.15) is 49.4 Å². The molecule has 1 unspecified atom stereocenters. The van der Waals surface area contributed by atoms with Gasteiger partial charge in [0.25, 0.3) is 5.91 Å². The van der Waals surface area contributed by atoms with Crippen molar-refractivity contribution in [1.29, 1.82) is 0 Å². The summed E-state index contributed by atoms with van der Waals surface area (Å²) in [5, 5.41) is 6.23. The summed E-state index contributed by atoms with van der Waals surface area (Å²) in [6, 6.07) is 7.90. The van der Waals surface area contributed by atoms with Crippen LogP contribution in [0.5, 0.6) is 0 Å². The number of hydrogen-bond donors (Lipinski definition) is 2. The molecule has 1 aliphatic carbocycles. The van der Waals surface area contributed by atoms with Crippen molar-refractivity contribution in [3.8, 4) is 0 Å². The number of hydrogen-bond acceptors (Lipinski definition) is 2. The highest BCUT2D eigenvalue weighted by Crippen LogP contribution is 2.26. The lowest BCUT2D eigenvalue weighted by Gasteiger charge is -2.28. The van der Waals surface area contributed by atoms with E-state index >= 15 is 0 Å². The van der Waals surface area contributed by atoms with Crippen LogP contribution in [-0.4, -0.2) is 19.0 Å². The average Bonchev–Trinajstić information content (AvgIpc) is 2.48. The van der Waals surface area contributed by atoms with Crippen LogP contribution in [0.2, 0.25) is 0 Å². The topological polar surface area (TPSA) is 41.1 Å². The van der Waals surface area contributed by atoms with Crippen molar-refractivity contribution in [3.05, 3.63) is 29.8 Å². The molecule has 0 saturated heterocycles. The molecule has 0 bridgehead atoms. The molecule has 1 aromatic carbocycles. The maximum atomic E-state index is 12.3. The summed E-state index contributed by atoms with van der Waals surface area (Å²) in [4.78, 5) is 12.3. The van der Waals surface area contributed by atoms with Gasteiger partial charge in [-0.05, 0) is 37.8 Å². The Morgan fingerprint density at radius 3 is 2.58 bits per heavy atom. The van der Waals surface area contributed by atoms with Crippen LogP contribution in [-0.2, 0) is 0 Å². The van der Waals surface area contributed by atoms with Crippen molar-refractivity contribution in [1.82, 2.24) is 5.32 Å². The number of carbonyl (C=O) groups is 1. The molecule has 0 spiro atoms. The molecular weight excluding hydrogens is 236 g/mol. The molecule has 104 valence electrons. The lowest BCUT2D eigenvalue weighted by molar-refractivity contribution is 0.0920. The zero-order valence-electron chi connectivity index (χ0n) is 11.9. The standard InChI is InChI=1S/C16H24N2O/c1-12(13-8-4-3-5-9-13)18-16(19)14-10-6-7-11-15(14)17-2/h6-7,10-13,17H,3-5,8-9H2,1-2H3,(H,18,19). The summed E-state index contributed by atoms with van der Waals surface area (Å²) < 4.78 is 0. The third-order valence-electron chi connectivity index (χ3n) is 4.16. The lowest BCUT2D eigenvalue weighted by atomic mass is 9.84. The molecule has 3 heteroatoms. The fourth-order valence-corrected chi connectivity index (χ4v) is 2.94. The van der Waals surface area contributed by atoms with Crippen molar-refractivity contribution in [2.24, 2.45) is 5.92 Å². The van der Waals surface area contributed by atoms with Crippen molar-refractivity contribution in [3.63, 3.8) is 0 Å². The van der Waals surface area contributed by atoms with Crippen LogP contribution in [0, 0.1) is 5.92 Å². The third-order valence-corrected chi connectivity index (χ3v) is 4.16. The smallest absolute Gasteiger partial charge is 0.253 e. The molecule has 2 N–H and O–H groups in total. The molecule has 3 nitrogen and oxygen atoms in total. The van der Waals surface area contributed by atoms with Crippen LogP contribution in [0.3, 0.4) is 0 Å². The van der Waals surface area contributed by atoms with Crippen molar-refractivity contribution in [2.75, 3.05) is 12.4 Å². The number of para-hydroxylation sites is 1. The maximum absolute atomic E-state index is 12.3. The molecule has 0 aliphatic heterocycles. The molecule has 19 heavy (non-hydrogen) atoms. The summed E-state index contributed by atoms with van der Waals surface area (Å²) in [5.74, 6) is 0.669. The van der Waals surface area contributed by atoms with Gasteiger partial charge in [0, 0.05) is 18.8 Å². The van der Waals surface area contributed by atoms with E-state index in [4.69, 9.17) is 0 Å². The van der Waals surface area contributed by atoms with E-state index < -0.39 is 0 Å². The molecule has 1 amide bonds. The fourth-order valence-electron chi connectivity index (χ4n) is 2.94. The molecule has 1 saturated carbocycles. The minimum absolute atomic E-state index is 0.0306.